The Morgan fingerprint density at radius 1 is 1.28 bits per heavy atom. The first-order chi connectivity index (χ1) is 8.76. The predicted molar refractivity (Wildman–Crippen MR) is 72.4 cm³/mol. The van der Waals surface area contributed by atoms with Crippen molar-refractivity contribution in [1.82, 2.24) is 4.90 Å². The molecule has 0 unspecified atom stereocenters. The van der Waals surface area contributed by atoms with Crippen LogP contribution in [-0.2, 0) is 4.74 Å². The van der Waals surface area contributed by atoms with Crippen molar-refractivity contribution in [3.63, 3.8) is 0 Å². The number of hydrogen-bond acceptors (Lipinski definition) is 3. The Labute approximate surface area is 109 Å². The third-order valence-electron chi connectivity index (χ3n) is 3.82. The zero-order valence-electron chi connectivity index (χ0n) is 11.2. The summed E-state index contributed by atoms with van der Waals surface area (Å²) in [7, 11) is 0. The summed E-state index contributed by atoms with van der Waals surface area (Å²) in [6.07, 6.45) is -0.236. The van der Waals surface area contributed by atoms with Gasteiger partial charge >= 0.3 is 0 Å². The molecule has 18 heavy (non-hydrogen) atoms. The van der Waals surface area contributed by atoms with Crippen LogP contribution in [0.5, 0.6) is 0 Å². The zero-order chi connectivity index (χ0) is 13.0. The maximum absolute atomic E-state index is 10.3. The van der Waals surface area contributed by atoms with Gasteiger partial charge in [0.25, 0.3) is 0 Å². The van der Waals surface area contributed by atoms with Crippen LogP contribution in [-0.4, -0.2) is 42.4 Å². The summed E-state index contributed by atoms with van der Waals surface area (Å²) < 4.78 is 5.62. The van der Waals surface area contributed by atoms with Crippen LogP contribution in [0.25, 0.3) is 0 Å². The van der Waals surface area contributed by atoms with Gasteiger partial charge in [-0.2, -0.15) is 0 Å². The number of hydrogen-bond donors (Lipinski definition) is 1. The Morgan fingerprint density at radius 3 is 2.44 bits per heavy atom. The first kappa shape index (κ1) is 13.5. The normalized spacial score (nSPS) is 24.9. The van der Waals surface area contributed by atoms with Crippen molar-refractivity contribution < 1.29 is 9.84 Å². The zero-order valence-corrected chi connectivity index (χ0v) is 11.2. The van der Waals surface area contributed by atoms with E-state index in [-0.39, 0.29) is 18.1 Å². The molecule has 1 aliphatic rings. The van der Waals surface area contributed by atoms with Crippen molar-refractivity contribution in [1.29, 1.82) is 0 Å². The first-order valence-corrected chi connectivity index (χ1v) is 6.83. The lowest BCUT2D eigenvalue weighted by atomic mass is 9.87. The Bertz CT molecular complexity index is 351. The Kier molecular flexibility index (Phi) is 4.75. The molecule has 1 fully saturated rings. The third kappa shape index (κ3) is 2.91. The van der Waals surface area contributed by atoms with Crippen LogP contribution in [0.3, 0.4) is 0 Å². The van der Waals surface area contributed by atoms with Crippen LogP contribution < -0.4 is 0 Å². The molecule has 3 heteroatoms. The number of aliphatic hydroxyl groups excluding tert-OH is 1. The molecular formula is C15H23NO2. The number of aliphatic hydroxyl groups is 1. The van der Waals surface area contributed by atoms with E-state index in [0.717, 1.165) is 19.6 Å². The summed E-state index contributed by atoms with van der Waals surface area (Å²) in [4.78, 5) is 2.26. The van der Waals surface area contributed by atoms with Gasteiger partial charge in [0.05, 0.1) is 18.8 Å². The van der Waals surface area contributed by atoms with E-state index in [1.54, 1.807) is 0 Å². The highest BCUT2D eigenvalue weighted by atomic mass is 16.5. The molecular weight excluding hydrogens is 226 g/mol. The van der Waals surface area contributed by atoms with E-state index in [0.29, 0.717) is 6.61 Å². The van der Waals surface area contributed by atoms with Gasteiger partial charge in [0.1, 0.15) is 0 Å². The summed E-state index contributed by atoms with van der Waals surface area (Å²) in [6.45, 7) is 7.63. The fourth-order valence-corrected chi connectivity index (χ4v) is 2.48. The lowest BCUT2D eigenvalue weighted by molar-refractivity contribution is -0.164. The molecule has 0 aromatic heterocycles. The van der Waals surface area contributed by atoms with Gasteiger partial charge in [-0.3, -0.25) is 0 Å². The van der Waals surface area contributed by atoms with E-state index >= 15 is 0 Å². The third-order valence-corrected chi connectivity index (χ3v) is 3.82. The molecule has 0 amide bonds. The van der Waals surface area contributed by atoms with Crippen molar-refractivity contribution in [3.05, 3.63) is 35.9 Å². The molecule has 0 bridgehead atoms. The molecule has 0 saturated carbocycles. The molecule has 3 nitrogen and oxygen atoms in total. The summed E-state index contributed by atoms with van der Waals surface area (Å²) >= 11 is 0. The van der Waals surface area contributed by atoms with Crippen LogP contribution in [0.15, 0.2) is 30.3 Å². The quantitative estimate of drug-likeness (QED) is 0.838. The van der Waals surface area contributed by atoms with Crippen LogP contribution >= 0.6 is 0 Å². The summed E-state index contributed by atoms with van der Waals surface area (Å²) in [6, 6.07) is 10.2. The van der Waals surface area contributed by atoms with E-state index in [9.17, 15) is 5.11 Å². The first-order valence-electron chi connectivity index (χ1n) is 6.83. The molecule has 0 aliphatic carbocycles. The minimum Gasteiger partial charge on any atom is -0.391 e. The SMILES string of the molecule is CCN(CC)C[C@@H](O)[C@H]1CO[C@@H]1c1ccccc1. The lowest BCUT2D eigenvalue weighted by Gasteiger charge is -2.41. The minimum atomic E-state index is -0.302. The molecule has 100 valence electrons. The lowest BCUT2D eigenvalue weighted by Crippen LogP contribution is -2.46. The maximum Gasteiger partial charge on any atom is 0.0900 e. The second-order valence-electron chi connectivity index (χ2n) is 4.88. The maximum atomic E-state index is 10.3. The fraction of sp³-hybridized carbons (Fsp3) is 0.600. The smallest absolute Gasteiger partial charge is 0.0900 e. The van der Waals surface area contributed by atoms with Gasteiger partial charge in [-0.15, -0.1) is 0 Å². The van der Waals surface area contributed by atoms with Gasteiger partial charge in [-0.25, -0.2) is 0 Å². The van der Waals surface area contributed by atoms with Crippen molar-refractivity contribution in [2.24, 2.45) is 5.92 Å². The van der Waals surface area contributed by atoms with Crippen molar-refractivity contribution in [2.75, 3.05) is 26.2 Å². The summed E-state index contributed by atoms with van der Waals surface area (Å²) in [5, 5.41) is 10.3. The number of nitrogens with zero attached hydrogens (tertiary/aromatic N) is 1. The Morgan fingerprint density at radius 2 is 1.94 bits per heavy atom. The van der Waals surface area contributed by atoms with Crippen LogP contribution in [0.4, 0.5) is 0 Å². The summed E-state index contributed by atoms with van der Waals surface area (Å²) in [5.74, 6) is 0.230. The predicted octanol–water partition coefficient (Wildman–Crippen LogP) is 2.08. The molecule has 1 aliphatic heterocycles. The Balaban J connectivity index is 1.93. The van der Waals surface area contributed by atoms with Gasteiger partial charge in [0.15, 0.2) is 0 Å². The van der Waals surface area contributed by atoms with E-state index in [2.05, 4.69) is 30.9 Å². The molecule has 2 rings (SSSR count). The van der Waals surface area contributed by atoms with Gasteiger partial charge in [0, 0.05) is 12.5 Å². The highest BCUT2D eigenvalue weighted by Crippen LogP contribution is 2.37. The van der Waals surface area contributed by atoms with Crippen molar-refractivity contribution in [3.8, 4) is 0 Å². The molecule has 1 aromatic rings. The number of rotatable bonds is 6. The van der Waals surface area contributed by atoms with Gasteiger partial charge < -0.3 is 14.7 Å². The van der Waals surface area contributed by atoms with Gasteiger partial charge in [-0.05, 0) is 18.7 Å². The molecule has 1 saturated heterocycles. The number of benzene rings is 1. The van der Waals surface area contributed by atoms with E-state index in [1.165, 1.54) is 5.56 Å². The van der Waals surface area contributed by atoms with Crippen molar-refractivity contribution >= 4 is 0 Å². The molecule has 3 atom stereocenters. The molecule has 0 spiro atoms. The second kappa shape index (κ2) is 6.32. The fourth-order valence-electron chi connectivity index (χ4n) is 2.48. The number of ether oxygens (including phenoxy) is 1. The van der Waals surface area contributed by atoms with Crippen LogP contribution in [0.1, 0.15) is 25.5 Å². The molecule has 1 N–H and O–H groups in total. The van der Waals surface area contributed by atoms with E-state index < -0.39 is 0 Å². The van der Waals surface area contributed by atoms with Crippen molar-refractivity contribution in [2.45, 2.75) is 26.1 Å². The molecule has 1 aromatic carbocycles. The van der Waals surface area contributed by atoms with Gasteiger partial charge in [-0.1, -0.05) is 44.2 Å². The monoisotopic (exact) mass is 249 g/mol. The standard InChI is InChI=1S/C15H23NO2/c1-3-16(4-2)10-14(17)13-11-18-15(13)12-8-6-5-7-9-12/h5-9,13-15,17H,3-4,10-11H2,1-2H3/t13-,14-,15-/m1/s1. The summed E-state index contributed by atoms with van der Waals surface area (Å²) in [5.41, 5.74) is 1.17. The van der Waals surface area contributed by atoms with Crippen LogP contribution in [0.2, 0.25) is 0 Å². The second-order valence-corrected chi connectivity index (χ2v) is 4.88. The number of likely N-dealkylation sites (N-methyl/N-ethyl adjacent to an activating group) is 1. The highest BCUT2D eigenvalue weighted by Gasteiger charge is 2.38. The largest absolute Gasteiger partial charge is 0.391 e. The van der Waals surface area contributed by atoms with Gasteiger partial charge in [0.2, 0.25) is 0 Å². The minimum absolute atomic E-state index is 0.0664. The molecule has 0 radical (unpaired) electrons. The van der Waals surface area contributed by atoms with E-state index in [1.807, 2.05) is 18.2 Å². The Hall–Kier alpha value is -0.900. The van der Waals surface area contributed by atoms with E-state index in [4.69, 9.17) is 4.74 Å². The van der Waals surface area contributed by atoms with Crippen LogP contribution in [0, 0.1) is 5.92 Å². The topological polar surface area (TPSA) is 32.7 Å². The average molecular weight is 249 g/mol. The molecule has 1 heterocycles. The average Bonchev–Trinajstić information content (AvgIpc) is 2.36. The highest BCUT2D eigenvalue weighted by molar-refractivity contribution is 5.20.